The van der Waals surface area contributed by atoms with Crippen molar-refractivity contribution in [1.29, 1.82) is 0 Å². The van der Waals surface area contributed by atoms with Crippen molar-refractivity contribution >= 4 is 17.3 Å². The molecule has 0 saturated heterocycles. The first kappa shape index (κ1) is 12.3. The van der Waals surface area contributed by atoms with Crippen LogP contribution in [-0.4, -0.2) is 23.5 Å². The molecule has 0 aliphatic carbocycles. The molecule has 1 unspecified atom stereocenters. The molecule has 1 N–H and O–H groups in total. The quantitative estimate of drug-likeness (QED) is 0.502. The van der Waals surface area contributed by atoms with Gasteiger partial charge in [0.15, 0.2) is 6.10 Å². The summed E-state index contributed by atoms with van der Waals surface area (Å²) in [5.74, 6) is -0.327. The van der Waals surface area contributed by atoms with Gasteiger partial charge in [-0.15, -0.1) is 0 Å². The summed E-state index contributed by atoms with van der Waals surface area (Å²) in [6.45, 7) is 2.18. The number of nitro benzene ring substituents is 1. The number of carbonyl (C=O) groups is 1. The molecular formula is C12H12N2O4. The van der Waals surface area contributed by atoms with Crippen molar-refractivity contribution in [2.24, 2.45) is 0 Å². The summed E-state index contributed by atoms with van der Waals surface area (Å²) in [7, 11) is 0. The molecule has 0 aromatic heterocycles. The standard InChI is InChI=1S/C12H12N2O4/c1-8-4-5-9(14(16)17)7-10(8)13-12(15)11-3-2-6-18-11/h2-5,7,11H,6H2,1H3,(H,13,15). The first-order valence-electron chi connectivity index (χ1n) is 5.42. The van der Waals surface area contributed by atoms with Gasteiger partial charge in [0.25, 0.3) is 11.6 Å². The van der Waals surface area contributed by atoms with E-state index in [1.807, 2.05) is 0 Å². The lowest BCUT2D eigenvalue weighted by atomic mass is 10.1. The predicted molar refractivity (Wildman–Crippen MR) is 65.3 cm³/mol. The molecule has 1 aromatic carbocycles. The number of nitro groups is 1. The zero-order valence-corrected chi connectivity index (χ0v) is 9.75. The predicted octanol–water partition coefficient (Wildman–Crippen LogP) is 1.80. The summed E-state index contributed by atoms with van der Waals surface area (Å²) in [6.07, 6.45) is 2.79. The highest BCUT2D eigenvalue weighted by Crippen LogP contribution is 2.22. The molecule has 1 heterocycles. The van der Waals surface area contributed by atoms with Gasteiger partial charge in [0.2, 0.25) is 0 Å². The number of hydrogen-bond acceptors (Lipinski definition) is 4. The van der Waals surface area contributed by atoms with E-state index in [2.05, 4.69) is 5.32 Å². The molecule has 1 atom stereocenters. The Kier molecular flexibility index (Phi) is 3.38. The minimum Gasteiger partial charge on any atom is -0.360 e. The minimum absolute atomic E-state index is 0.0567. The molecule has 18 heavy (non-hydrogen) atoms. The molecule has 1 aliphatic heterocycles. The van der Waals surface area contributed by atoms with Crippen molar-refractivity contribution < 1.29 is 14.5 Å². The van der Waals surface area contributed by atoms with Crippen LogP contribution in [0.4, 0.5) is 11.4 Å². The highest BCUT2D eigenvalue weighted by Gasteiger charge is 2.20. The number of rotatable bonds is 3. The number of carbonyl (C=O) groups excluding carboxylic acids is 1. The van der Waals surface area contributed by atoms with Gasteiger partial charge in [0, 0.05) is 12.1 Å². The Morgan fingerprint density at radius 3 is 2.94 bits per heavy atom. The van der Waals surface area contributed by atoms with E-state index in [4.69, 9.17) is 4.74 Å². The van der Waals surface area contributed by atoms with Crippen molar-refractivity contribution in [1.82, 2.24) is 0 Å². The number of ether oxygens (including phenoxy) is 1. The van der Waals surface area contributed by atoms with E-state index in [0.717, 1.165) is 5.56 Å². The van der Waals surface area contributed by atoms with E-state index in [-0.39, 0.29) is 11.6 Å². The summed E-state index contributed by atoms with van der Waals surface area (Å²) in [4.78, 5) is 22.0. The van der Waals surface area contributed by atoms with Gasteiger partial charge in [-0.3, -0.25) is 14.9 Å². The molecule has 1 aliphatic rings. The first-order valence-corrected chi connectivity index (χ1v) is 5.42. The largest absolute Gasteiger partial charge is 0.360 e. The van der Waals surface area contributed by atoms with Crippen LogP contribution in [0.5, 0.6) is 0 Å². The van der Waals surface area contributed by atoms with Gasteiger partial charge in [-0.25, -0.2) is 0 Å². The highest BCUT2D eigenvalue weighted by molar-refractivity contribution is 5.96. The molecular weight excluding hydrogens is 236 g/mol. The fourth-order valence-electron chi connectivity index (χ4n) is 1.62. The first-order chi connectivity index (χ1) is 8.58. The Bertz CT molecular complexity index is 525. The number of non-ortho nitro benzene ring substituents is 1. The highest BCUT2D eigenvalue weighted by atomic mass is 16.6. The molecule has 0 fully saturated rings. The second-order valence-electron chi connectivity index (χ2n) is 3.93. The van der Waals surface area contributed by atoms with Crippen molar-refractivity contribution in [3.63, 3.8) is 0 Å². The lowest BCUT2D eigenvalue weighted by Crippen LogP contribution is -2.26. The third-order valence-corrected chi connectivity index (χ3v) is 2.63. The second kappa shape index (κ2) is 4.97. The van der Waals surface area contributed by atoms with Crippen LogP contribution in [0.25, 0.3) is 0 Å². The average molecular weight is 248 g/mol. The number of amides is 1. The summed E-state index contributed by atoms with van der Waals surface area (Å²) in [6, 6.07) is 4.34. The maximum atomic E-state index is 11.8. The number of nitrogens with zero attached hydrogens (tertiary/aromatic N) is 1. The maximum Gasteiger partial charge on any atom is 0.271 e. The van der Waals surface area contributed by atoms with Crippen LogP contribution in [0.15, 0.2) is 30.4 Å². The Morgan fingerprint density at radius 1 is 1.56 bits per heavy atom. The van der Waals surface area contributed by atoms with Crippen molar-refractivity contribution in [2.75, 3.05) is 11.9 Å². The molecule has 1 amide bonds. The number of hydrogen-bond donors (Lipinski definition) is 1. The fraction of sp³-hybridized carbons (Fsp3) is 0.250. The van der Waals surface area contributed by atoms with Gasteiger partial charge in [-0.2, -0.15) is 0 Å². The zero-order chi connectivity index (χ0) is 13.1. The lowest BCUT2D eigenvalue weighted by molar-refractivity contribution is -0.384. The van der Waals surface area contributed by atoms with E-state index in [0.29, 0.717) is 12.3 Å². The van der Waals surface area contributed by atoms with Crippen molar-refractivity contribution in [3.8, 4) is 0 Å². The Labute approximate surface area is 103 Å². The number of aryl methyl sites for hydroxylation is 1. The van der Waals surface area contributed by atoms with E-state index in [1.165, 1.54) is 12.1 Å². The van der Waals surface area contributed by atoms with E-state index < -0.39 is 11.0 Å². The lowest BCUT2D eigenvalue weighted by Gasteiger charge is -2.11. The van der Waals surface area contributed by atoms with Crippen LogP contribution < -0.4 is 5.32 Å². The monoisotopic (exact) mass is 248 g/mol. The molecule has 0 bridgehead atoms. The maximum absolute atomic E-state index is 11.8. The van der Waals surface area contributed by atoms with Crippen LogP contribution >= 0.6 is 0 Å². The zero-order valence-electron chi connectivity index (χ0n) is 9.75. The Balaban J connectivity index is 2.17. The molecule has 6 heteroatoms. The Hall–Kier alpha value is -2.21. The summed E-state index contributed by atoms with van der Waals surface area (Å²) >= 11 is 0. The summed E-state index contributed by atoms with van der Waals surface area (Å²) in [5, 5.41) is 13.3. The van der Waals surface area contributed by atoms with Gasteiger partial charge in [-0.1, -0.05) is 12.1 Å². The summed E-state index contributed by atoms with van der Waals surface area (Å²) in [5.41, 5.74) is 1.13. The van der Waals surface area contributed by atoms with Crippen LogP contribution in [0.1, 0.15) is 5.56 Å². The number of nitrogens with one attached hydrogen (secondary N) is 1. The molecule has 1 aromatic rings. The smallest absolute Gasteiger partial charge is 0.271 e. The number of anilines is 1. The molecule has 0 spiro atoms. The van der Waals surface area contributed by atoms with Crippen molar-refractivity contribution in [2.45, 2.75) is 13.0 Å². The Morgan fingerprint density at radius 2 is 2.33 bits per heavy atom. The van der Waals surface area contributed by atoms with Crippen molar-refractivity contribution in [3.05, 3.63) is 46.0 Å². The van der Waals surface area contributed by atoms with Crippen LogP contribution in [-0.2, 0) is 9.53 Å². The molecule has 0 saturated carbocycles. The third kappa shape index (κ3) is 2.54. The second-order valence-corrected chi connectivity index (χ2v) is 3.93. The average Bonchev–Trinajstić information content (AvgIpc) is 2.85. The third-order valence-electron chi connectivity index (χ3n) is 2.63. The SMILES string of the molecule is Cc1ccc([N+](=O)[O-])cc1NC(=O)C1C=CCO1. The minimum atomic E-state index is -0.622. The topological polar surface area (TPSA) is 81.5 Å². The number of benzene rings is 1. The molecule has 6 nitrogen and oxygen atoms in total. The van der Waals surface area contributed by atoms with E-state index in [1.54, 1.807) is 25.1 Å². The molecule has 2 rings (SSSR count). The normalized spacial score (nSPS) is 17.7. The van der Waals surface area contributed by atoms with Crippen LogP contribution in [0.3, 0.4) is 0 Å². The van der Waals surface area contributed by atoms with Gasteiger partial charge >= 0.3 is 0 Å². The van der Waals surface area contributed by atoms with Gasteiger partial charge in [-0.05, 0) is 18.6 Å². The van der Waals surface area contributed by atoms with Crippen LogP contribution in [0, 0.1) is 17.0 Å². The van der Waals surface area contributed by atoms with E-state index >= 15 is 0 Å². The summed E-state index contributed by atoms with van der Waals surface area (Å²) < 4.78 is 5.15. The van der Waals surface area contributed by atoms with Gasteiger partial charge < -0.3 is 10.1 Å². The van der Waals surface area contributed by atoms with Gasteiger partial charge in [0.1, 0.15) is 0 Å². The molecule has 0 radical (unpaired) electrons. The molecule has 94 valence electrons. The van der Waals surface area contributed by atoms with Crippen LogP contribution in [0.2, 0.25) is 0 Å². The van der Waals surface area contributed by atoms with E-state index in [9.17, 15) is 14.9 Å². The fourth-order valence-corrected chi connectivity index (χ4v) is 1.62. The van der Waals surface area contributed by atoms with Gasteiger partial charge in [0.05, 0.1) is 17.2 Å².